The molecular formula is C12H13N3O3S. The lowest BCUT2D eigenvalue weighted by molar-refractivity contribution is -0.133. The van der Waals surface area contributed by atoms with Crippen molar-refractivity contribution in [3.8, 4) is 0 Å². The zero-order valence-corrected chi connectivity index (χ0v) is 11.1. The smallest absolute Gasteiger partial charge is 0.313 e. The minimum absolute atomic E-state index is 0.0106. The number of amides is 1. The Bertz CT molecular complexity index is 651. The number of hydrogen-bond acceptors (Lipinski definition) is 4. The molecule has 0 unspecified atom stereocenters. The number of aromatic nitrogens is 2. The number of rotatable bonds is 5. The van der Waals surface area contributed by atoms with Crippen LogP contribution < -0.4 is 5.73 Å². The summed E-state index contributed by atoms with van der Waals surface area (Å²) in [5, 5.41) is 9.22. The van der Waals surface area contributed by atoms with Crippen LogP contribution in [0.3, 0.4) is 0 Å². The first-order valence-corrected chi connectivity index (χ1v) is 6.56. The van der Waals surface area contributed by atoms with E-state index >= 15 is 0 Å². The zero-order valence-electron chi connectivity index (χ0n) is 10.3. The molecule has 2 aromatic rings. The topological polar surface area (TPSA) is 98.2 Å². The Hall–Kier alpha value is -2.02. The molecule has 6 nitrogen and oxygen atoms in total. The van der Waals surface area contributed by atoms with Crippen LogP contribution in [0.2, 0.25) is 0 Å². The first-order chi connectivity index (χ1) is 8.99. The molecule has 0 spiro atoms. The first kappa shape index (κ1) is 13.4. The number of primary amides is 1. The molecule has 0 aliphatic rings. The fourth-order valence-corrected chi connectivity index (χ4v) is 2.61. The number of aryl methyl sites for hydroxylation is 1. The van der Waals surface area contributed by atoms with Crippen LogP contribution in [0.5, 0.6) is 0 Å². The van der Waals surface area contributed by atoms with Gasteiger partial charge in [0.15, 0.2) is 5.16 Å². The van der Waals surface area contributed by atoms with Crippen molar-refractivity contribution in [3.05, 3.63) is 23.8 Å². The second-order valence-corrected chi connectivity index (χ2v) is 5.01. The molecule has 0 aliphatic heterocycles. The van der Waals surface area contributed by atoms with E-state index < -0.39 is 11.9 Å². The maximum atomic E-state index is 11.2. The number of thioether (sulfide) groups is 1. The van der Waals surface area contributed by atoms with Gasteiger partial charge in [0.1, 0.15) is 6.54 Å². The Labute approximate surface area is 113 Å². The Kier molecular flexibility index (Phi) is 3.75. The van der Waals surface area contributed by atoms with E-state index in [-0.39, 0.29) is 12.3 Å². The molecule has 1 aromatic carbocycles. The molecule has 0 aliphatic carbocycles. The van der Waals surface area contributed by atoms with E-state index in [4.69, 9.17) is 10.8 Å². The first-order valence-electron chi connectivity index (χ1n) is 5.58. The minimum atomic E-state index is -0.931. The summed E-state index contributed by atoms with van der Waals surface area (Å²) in [4.78, 5) is 26.2. The Morgan fingerprint density at radius 3 is 2.84 bits per heavy atom. The third kappa shape index (κ3) is 2.87. The van der Waals surface area contributed by atoms with Crippen LogP contribution in [0.4, 0.5) is 0 Å². The number of carboxylic acid groups (broad SMARTS) is 1. The Balaban J connectivity index is 2.52. The monoisotopic (exact) mass is 279 g/mol. The molecule has 0 fully saturated rings. The summed E-state index contributed by atoms with van der Waals surface area (Å²) in [6.45, 7) is 1.90. The number of benzene rings is 1. The fraction of sp³-hybridized carbons (Fsp3) is 0.250. The molecule has 19 heavy (non-hydrogen) atoms. The molecule has 100 valence electrons. The number of para-hydroxylation sites is 1. The van der Waals surface area contributed by atoms with E-state index in [1.807, 2.05) is 25.1 Å². The normalized spacial score (nSPS) is 10.8. The third-order valence-corrected chi connectivity index (χ3v) is 3.53. The van der Waals surface area contributed by atoms with Crippen molar-refractivity contribution >= 4 is 34.7 Å². The van der Waals surface area contributed by atoms with Crippen LogP contribution in [0.25, 0.3) is 11.0 Å². The van der Waals surface area contributed by atoms with Gasteiger partial charge < -0.3 is 15.4 Å². The van der Waals surface area contributed by atoms with E-state index in [0.717, 1.165) is 28.4 Å². The number of carboxylic acids is 1. The summed E-state index contributed by atoms with van der Waals surface area (Å²) in [6, 6.07) is 5.60. The van der Waals surface area contributed by atoms with Crippen molar-refractivity contribution in [2.75, 3.05) is 5.75 Å². The van der Waals surface area contributed by atoms with E-state index in [1.54, 1.807) is 4.57 Å². The van der Waals surface area contributed by atoms with Crippen molar-refractivity contribution in [2.24, 2.45) is 5.73 Å². The standard InChI is InChI=1S/C12H13N3O3S/c1-7-3-2-4-8-11(7)15(5-9(13)16)12(14-8)19-6-10(17)18/h2-4H,5-6H2,1H3,(H2,13,16)(H,17,18). The summed E-state index contributed by atoms with van der Waals surface area (Å²) < 4.78 is 1.67. The molecule has 7 heteroatoms. The molecule has 0 radical (unpaired) electrons. The van der Waals surface area contributed by atoms with Gasteiger partial charge in [-0.1, -0.05) is 23.9 Å². The van der Waals surface area contributed by atoms with E-state index in [0.29, 0.717) is 5.16 Å². The highest BCUT2D eigenvalue weighted by atomic mass is 32.2. The summed E-state index contributed by atoms with van der Waals surface area (Å²) in [5.41, 5.74) is 7.75. The number of hydrogen-bond donors (Lipinski definition) is 2. The van der Waals surface area contributed by atoms with Crippen LogP contribution in [-0.2, 0) is 16.1 Å². The van der Waals surface area contributed by atoms with E-state index in [9.17, 15) is 9.59 Å². The third-order valence-electron chi connectivity index (χ3n) is 2.57. The maximum absolute atomic E-state index is 11.2. The second kappa shape index (κ2) is 5.31. The zero-order chi connectivity index (χ0) is 14.0. The molecule has 0 bridgehead atoms. The summed E-state index contributed by atoms with van der Waals surface area (Å²) >= 11 is 1.08. The summed E-state index contributed by atoms with van der Waals surface area (Å²) in [6.07, 6.45) is 0. The van der Waals surface area contributed by atoms with Crippen LogP contribution in [0.1, 0.15) is 5.56 Å². The molecule has 1 aromatic heterocycles. The van der Waals surface area contributed by atoms with Crippen LogP contribution in [-0.4, -0.2) is 32.3 Å². The molecule has 0 saturated heterocycles. The quantitative estimate of drug-likeness (QED) is 0.796. The number of fused-ring (bicyclic) bond motifs is 1. The van der Waals surface area contributed by atoms with Crippen LogP contribution in [0.15, 0.2) is 23.4 Å². The van der Waals surface area contributed by atoms with Crippen molar-refractivity contribution < 1.29 is 14.7 Å². The van der Waals surface area contributed by atoms with Gasteiger partial charge in [-0.15, -0.1) is 0 Å². The fourth-order valence-electron chi connectivity index (χ4n) is 1.88. The van der Waals surface area contributed by atoms with Gasteiger partial charge in [0.2, 0.25) is 5.91 Å². The van der Waals surface area contributed by atoms with Crippen molar-refractivity contribution in [3.63, 3.8) is 0 Å². The molecule has 0 saturated carbocycles. The van der Waals surface area contributed by atoms with Gasteiger partial charge in [-0.3, -0.25) is 9.59 Å². The van der Waals surface area contributed by atoms with Gasteiger partial charge in [0.25, 0.3) is 0 Å². The number of imidazole rings is 1. The molecule has 1 heterocycles. The molecule has 0 atom stereocenters. The maximum Gasteiger partial charge on any atom is 0.313 e. The lowest BCUT2D eigenvalue weighted by Crippen LogP contribution is -2.19. The summed E-state index contributed by atoms with van der Waals surface area (Å²) in [5.74, 6) is -1.53. The molecular weight excluding hydrogens is 266 g/mol. The van der Waals surface area contributed by atoms with Gasteiger partial charge >= 0.3 is 5.97 Å². The van der Waals surface area contributed by atoms with Gasteiger partial charge in [-0.2, -0.15) is 0 Å². The van der Waals surface area contributed by atoms with Gasteiger partial charge in [0.05, 0.1) is 16.8 Å². The Morgan fingerprint density at radius 2 is 2.21 bits per heavy atom. The number of carbonyl (C=O) groups excluding carboxylic acids is 1. The largest absolute Gasteiger partial charge is 0.481 e. The van der Waals surface area contributed by atoms with Crippen molar-refractivity contribution in [1.82, 2.24) is 9.55 Å². The highest BCUT2D eigenvalue weighted by Gasteiger charge is 2.15. The number of nitrogens with zero attached hydrogens (tertiary/aromatic N) is 2. The lowest BCUT2D eigenvalue weighted by Gasteiger charge is -2.06. The number of carbonyl (C=O) groups is 2. The second-order valence-electron chi connectivity index (χ2n) is 4.07. The number of aliphatic carboxylic acids is 1. The van der Waals surface area contributed by atoms with Crippen LogP contribution in [0, 0.1) is 6.92 Å². The average Bonchev–Trinajstić information content (AvgIpc) is 2.65. The van der Waals surface area contributed by atoms with Gasteiger partial charge in [-0.05, 0) is 18.6 Å². The van der Waals surface area contributed by atoms with Gasteiger partial charge in [-0.25, -0.2) is 4.98 Å². The van der Waals surface area contributed by atoms with E-state index in [2.05, 4.69) is 4.98 Å². The SMILES string of the molecule is Cc1cccc2nc(SCC(=O)O)n(CC(N)=O)c12. The van der Waals surface area contributed by atoms with E-state index in [1.165, 1.54) is 0 Å². The van der Waals surface area contributed by atoms with Crippen molar-refractivity contribution in [2.45, 2.75) is 18.6 Å². The van der Waals surface area contributed by atoms with Gasteiger partial charge in [0, 0.05) is 0 Å². The summed E-state index contributed by atoms with van der Waals surface area (Å²) in [7, 11) is 0. The predicted molar refractivity (Wildman–Crippen MR) is 72.0 cm³/mol. The lowest BCUT2D eigenvalue weighted by atomic mass is 10.2. The highest BCUT2D eigenvalue weighted by molar-refractivity contribution is 7.99. The van der Waals surface area contributed by atoms with Crippen LogP contribution >= 0.6 is 11.8 Å². The minimum Gasteiger partial charge on any atom is -0.481 e. The average molecular weight is 279 g/mol. The molecule has 3 N–H and O–H groups in total. The van der Waals surface area contributed by atoms with Crippen molar-refractivity contribution in [1.29, 1.82) is 0 Å². The molecule has 2 rings (SSSR count). The number of nitrogens with two attached hydrogens (primary N) is 1. The predicted octanol–water partition coefficient (Wildman–Crippen LogP) is 1.01. The Morgan fingerprint density at radius 1 is 1.47 bits per heavy atom. The highest BCUT2D eigenvalue weighted by Crippen LogP contribution is 2.26. The molecule has 1 amide bonds.